The molecule has 0 spiro atoms. The van der Waals surface area contributed by atoms with Crippen LogP contribution >= 0.6 is 35.2 Å². The van der Waals surface area contributed by atoms with Crippen LogP contribution in [-0.4, -0.2) is 16.9 Å². The number of hydrazine groups is 1. The lowest BCUT2D eigenvalue weighted by atomic mass is 9.91. The van der Waals surface area contributed by atoms with Crippen molar-refractivity contribution in [2.75, 3.05) is 0 Å². The van der Waals surface area contributed by atoms with Gasteiger partial charge in [-0.2, -0.15) is 0 Å². The van der Waals surface area contributed by atoms with Crippen LogP contribution in [0.4, 0.5) is 0 Å². The molecule has 0 radical (unpaired) electrons. The average molecular weight is 480 g/mol. The Kier molecular flexibility index (Phi) is 6.80. The normalized spacial score (nSPS) is 10.7. The third kappa shape index (κ3) is 4.80. The quantitative estimate of drug-likeness (QED) is 0.284. The maximum Gasteiger partial charge on any atom is 0.269 e. The number of carbonyl (C=O) groups is 2. The standard InChI is InChI=1S/C24H18ClN3O2S2/c25-20-17-13-7-8-14-18(17)32-21(20)23(30)26-24(31)28-27-22(29)19(15-9-3-1-4-10-15)16-11-5-2-6-12-16/h1-14,19H,(H,27,29)(H2,26,28,30,31). The van der Waals surface area contributed by atoms with Gasteiger partial charge in [0.2, 0.25) is 5.91 Å². The monoisotopic (exact) mass is 479 g/mol. The molecule has 8 heteroatoms. The molecule has 3 N–H and O–H groups in total. The minimum absolute atomic E-state index is 0.0308. The Morgan fingerprint density at radius 3 is 1.97 bits per heavy atom. The molecule has 0 aliphatic carbocycles. The summed E-state index contributed by atoms with van der Waals surface area (Å²) >= 11 is 12.8. The molecule has 4 rings (SSSR count). The maximum atomic E-state index is 13.0. The number of thiophene rings is 1. The first-order valence-electron chi connectivity index (χ1n) is 9.72. The van der Waals surface area contributed by atoms with Crippen molar-refractivity contribution in [3.63, 3.8) is 0 Å². The van der Waals surface area contributed by atoms with Gasteiger partial charge in [0, 0.05) is 10.1 Å². The summed E-state index contributed by atoms with van der Waals surface area (Å²) < 4.78 is 0.906. The highest BCUT2D eigenvalue weighted by molar-refractivity contribution is 7.80. The lowest BCUT2D eigenvalue weighted by Gasteiger charge is -2.19. The van der Waals surface area contributed by atoms with Crippen LogP contribution in [0.2, 0.25) is 5.02 Å². The molecule has 5 nitrogen and oxygen atoms in total. The zero-order valence-electron chi connectivity index (χ0n) is 16.7. The van der Waals surface area contributed by atoms with Gasteiger partial charge in [0.25, 0.3) is 5.91 Å². The molecule has 4 aromatic rings. The Morgan fingerprint density at radius 1 is 0.812 bits per heavy atom. The van der Waals surface area contributed by atoms with E-state index in [0.717, 1.165) is 21.2 Å². The number of hydrogen-bond donors (Lipinski definition) is 3. The van der Waals surface area contributed by atoms with Crippen molar-refractivity contribution in [2.45, 2.75) is 5.92 Å². The summed E-state index contributed by atoms with van der Waals surface area (Å²) in [5, 5.41) is 3.72. The number of amides is 2. The van der Waals surface area contributed by atoms with Crippen LogP contribution in [0.25, 0.3) is 10.1 Å². The van der Waals surface area contributed by atoms with Crippen LogP contribution in [0.5, 0.6) is 0 Å². The number of nitrogens with one attached hydrogen (secondary N) is 3. The van der Waals surface area contributed by atoms with Crippen LogP contribution in [0.1, 0.15) is 26.7 Å². The van der Waals surface area contributed by atoms with Gasteiger partial charge < -0.3 is 0 Å². The van der Waals surface area contributed by atoms with Crippen molar-refractivity contribution in [1.82, 2.24) is 16.2 Å². The molecule has 0 fully saturated rings. The van der Waals surface area contributed by atoms with E-state index in [9.17, 15) is 9.59 Å². The van der Waals surface area contributed by atoms with Gasteiger partial charge in [-0.3, -0.25) is 25.8 Å². The minimum atomic E-state index is -0.541. The van der Waals surface area contributed by atoms with Crippen molar-refractivity contribution in [1.29, 1.82) is 0 Å². The fourth-order valence-corrected chi connectivity index (χ4v) is 4.88. The number of benzene rings is 3. The summed E-state index contributed by atoms with van der Waals surface area (Å²) in [4.78, 5) is 26.0. The van der Waals surface area contributed by atoms with Gasteiger partial charge in [0.05, 0.1) is 10.9 Å². The number of rotatable bonds is 4. The number of halogens is 1. The van der Waals surface area contributed by atoms with Gasteiger partial charge in [-0.05, 0) is 29.4 Å². The van der Waals surface area contributed by atoms with E-state index in [0.29, 0.717) is 9.90 Å². The van der Waals surface area contributed by atoms with Gasteiger partial charge in [-0.25, -0.2) is 0 Å². The zero-order valence-corrected chi connectivity index (χ0v) is 19.1. The fraction of sp³-hybridized carbons (Fsp3) is 0.0417. The molecule has 0 aliphatic heterocycles. The Morgan fingerprint density at radius 2 is 1.38 bits per heavy atom. The molecule has 0 atom stereocenters. The average Bonchev–Trinajstić information content (AvgIpc) is 3.16. The second-order valence-electron chi connectivity index (χ2n) is 6.89. The molecule has 1 aromatic heterocycles. The van der Waals surface area contributed by atoms with Crippen LogP contribution in [-0.2, 0) is 4.79 Å². The van der Waals surface area contributed by atoms with Crippen molar-refractivity contribution in [3.8, 4) is 0 Å². The van der Waals surface area contributed by atoms with Gasteiger partial charge >= 0.3 is 0 Å². The minimum Gasteiger partial charge on any atom is -0.297 e. The Hall–Kier alpha value is -3.26. The van der Waals surface area contributed by atoms with Gasteiger partial charge in [0.15, 0.2) is 5.11 Å². The molecule has 2 amide bonds. The third-order valence-corrected chi connectivity index (χ3v) is 6.67. The maximum absolute atomic E-state index is 13.0. The molecular weight excluding hydrogens is 462 g/mol. The van der Waals surface area contributed by atoms with Crippen LogP contribution in [0.15, 0.2) is 84.9 Å². The predicted molar refractivity (Wildman–Crippen MR) is 133 cm³/mol. The Balaban J connectivity index is 1.43. The second-order valence-corrected chi connectivity index (χ2v) is 8.73. The molecular formula is C24H18ClN3O2S2. The van der Waals surface area contributed by atoms with E-state index < -0.39 is 11.8 Å². The topological polar surface area (TPSA) is 70.2 Å². The first-order chi connectivity index (χ1) is 15.5. The number of fused-ring (bicyclic) bond motifs is 1. The molecule has 0 saturated heterocycles. The number of thiocarbonyl (C=S) groups is 1. The van der Waals surface area contributed by atoms with Gasteiger partial charge in [-0.1, -0.05) is 90.5 Å². The third-order valence-electron chi connectivity index (χ3n) is 4.80. The highest BCUT2D eigenvalue weighted by atomic mass is 35.5. The van der Waals surface area contributed by atoms with E-state index in [1.165, 1.54) is 11.3 Å². The number of hydrogen-bond acceptors (Lipinski definition) is 4. The molecule has 160 valence electrons. The highest BCUT2D eigenvalue weighted by Gasteiger charge is 2.23. The van der Waals surface area contributed by atoms with Crippen molar-refractivity contribution < 1.29 is 9.59 Å². The molecule has 0 saturated carbocycles. The van der Waals surface area contributed by atoms with Crippen molar-refractivity contribution >= 4 is 62.2 Å². The molecule has 0 bridgehead atoms. The zero-order chi connectivity index (χ0) is 22.5. The summed E-state index contributed by atoms with van der Waals surface area (Å²) in [7, 11) is 0. The van der Waals surface area contributed by atoms with E-state index in [4.69, 9.17) is 23.8 Å². The summed E-state index contributed by atoms with van der Waals surface area (Å²) in [5.74, 6) is -1.29. The predicted octanol–water partition coefficient (Wildman–Crippen LogP) is 5.02. The molecule has 3 aromatic carbocycles. The fourth-order valence-electron chi connectivity index (χ4n) is 3.33. The highest BCUT2D eigenvalue weighted by Crippen LogP contribution is 2.35. The molecule has 1 heterocycles. The lowest BCUT2D eigenvalue weighted by molar-refractivity contribution is -0.122. The van der Waals surface area contributed by atoms with E-state index in [1.807, 2.05) is 84.9 Å². The van der Waals surface area contributed by atoms with Crippen LogP contribution in [0, 0.1) is 0 Å². The Bertz CT molecular complexity index is 1240. The number of carbonyl (C=O) groups excluding carboxylic acids is 2. The van der Waals surface area contributed by atoms with Gasteiger partial charge in [-0.15, -0.1) is 11.3 Å². The van der Waals surface area contributed by atoms with E-state index >= 15 is 0 Å². The molecule has 0 aliphatic rings. The summed E-state index contributed by atoms with van der Waals surface area (Å²) in [6.07, 6.45) is 0. The summed E-state index contributed by atoms with van der Waals surface area (Å²) in [6.45, 7) is 0. The SMILES string of the molecule is O=C(NC(=S)NNC(=O)C(c1ccccc1)c1ccccc1)c1sc2ccccc2c1Cl. The van der Waals surface area contributed by atoms with Gasteiger partial charge in [0.1, 0.15) is 4.88 Å². The smallest absolute Gasteiger partial charge is 0.269 e. The Labute approximate surface area is 199 Å². The lowest BCUT2D eigenvalue weighted by Crippen LogP contribution is -2.49. The van der Waals surface area contributed by atoms with E-state index in [2.05, 4.69) is 16.2 Å². The first kappa shape index (κ1) is 22.0. The molecule has 32 heavy (non-hydrogen) atoms. The van der Waals surface area contributed by atoms with Crippen molar-refractivity contribution in [3.05, 3.63) is 106 Å². The van der Waals surface area contributed by atoms with Crippen LogP contribution in [0.3, 0.4) is 0 Å². The summed E-state index contributed by atoms with van der Waals surface area (Å²) in [5.41, 5.74) is 6.90. The van der Waals surface area contributed by atoms with E-state index in [1.54, 1.807) is 0 Å². The van der Waals surface area contributed by atoms with E-state index in [-0.39, 0.29) is 11.0 Å². The largest absolute Gasteiger partial charge is 0.297 e. The first-order valence-corrected chi connectivity index (χ1v) is 11.3. The second kappa shape index (κ2) is 9.91. The van der Waals surface area contributed by atoms with Crippen molar-refractivity contribution in [2.24, 2.45) is 0 Å². The molecule has 0 unspecified atom stereocenters. The van der Waals surface area contributed by atoms with Crippen LogP contribution < -0.4 is 16.2 Å². The summed E-state index contributed by atoms with van der Waals surface area (Å²) in [6, 6.07) is 26.4.